The van der Waals surface area contributed by atoms with Gasteiger partial charge in [0.05, 0.1) is 5.92 Å². The van der Waals surface area contributed by atoms with Gasteiger partial charge in [-0.1, -0.05) is 30.3 Å². The maximum Gasteiger partial charge on any atom is 0.311 e. The van der Waals surface area contributed by atoms with Crippen LogP contribution in [0.5, 0.6) is 0 Å². The number of ether oxygens (including phenoxy) is 1. The third-order valence-corrected chi connectivity index (χ3v) is 4.65. The normalized spacial score (nSPS) is 22.3. The zero-order valence-electron chi connectivity index (χ0n) is 12.9. The molecular weight excluding hydrogens is 278 g/mol. The van der Waals surface area contributed by atoms with E-state index in [-0.39, 0.29) is 23.9 Å². The van der Waals surface area contributed by atoms with Gasteiger partial charge >= 0.3 is 5.97 Å². The Hall–Kier alpha value is -1.84. The predicted octanol–water partition coefficient (Wildman–Crippen LogP) is 2.56. The first-order valence-electron chi connectivity index (χ1n) is 8.24. The number of likely N-dealkylation sites (tertiary alicyclic amines) is 1. The molecule has 0 unspecified atom stereocenters. The minimum absolute atomic E-state index is 0.0734. The highest BCUT2D eigenvalue weighted by Gasteiger charge is 2.36. The van der Waals surface area contributed by atoms with Crippen LogP contribution >= 0.6 is 0 Å². The van der Waals surface area contributed by atoms with Crippen LogP contribution in [0, 0.1) is 5.92 Å². The van der Waals surface area contributed by atoms with Gasteiger partial charge in [-0.15, -0.1) is 0 Å². The van der Waals surface area contributed by atoms with Crippen molar-refractivity contribution in [2.45, 2.75) is 44.6 Å². The Bertz CT molecular complexity index is 522. The second kappa shape index (κ2) is 6.95. The third kappa shape index (κ3) is 3.67. The van der Waals surface area contributed by atoms with Crippen LogP contribution in [-0.2, 0) is 20.7 Å². The molecule has 1 amide bonds. The van der Waals surface area contributed by atoms with Crippen LogP contribution in [0.25, 0.3) is 0 Å². The van der Waals surface area contributed by atoms with Crippen molar-refractivity contribution in [2.75, 3.05) is 13.1 Å². The maximum absolute atomic E-state index is 12.2. The fourth-order valence-electron chi connectivity index (χ4n) is 3.32. The topological polar surface area (TPSA) is 46.6 Å². The first kappa shape index (κ1) is 15.1. The van der Waals surface area contributed by atoms with Crippen molar-refractivity contribution in [3.05, 3.63) is 35.9 Å². The molecule has 118 valence electrons. The Morgan fingerprint density at radius 1 is 1.18 bits per heavy atom. The molecule has 0 aromatic heterocycles. The largest absolute Gasteiger partial charge is 0.462 e. The first-order valence-corrected chi connectivity index (χ1v) is 8.24. The Kier molecular flexibility index (Phi) is 4.76. The molecule has 22 heavy (non-hydrogen) atoms. The van der Waals surface area contributed by atoms with Gasteiger partial charge in [0, 0.05) is 19.5 Å². The zero-order chi connectivity index (χ0) is 15.4. The van der Waals surface area contributed by atoms with Gasteiger partial charge in [-0.2, -0.15) is 0 Å². The van der Waals surface area contributed by atoms with Gasteiger partial charge in [0.2, 0.25) is 5.91 Å². The molecule has 1 aromatic rings. The van der Waals surface area contributed by atoms with E-state index in [1.54, 1.807) is 4.90 Å². The number of nitrogens with zero attached hydrogens (tertiary/aromatic N) is 1. The van der Waals surface area contributed by atoms with E-state index >= 15 is 0 Å². The average molecular weight is 301 g/mol. The molecule has 1 saturated carbocycles. The summed E-state index contributed by atoms with van der Waals surface area (Å²) in [7, 11) is 0. The number of carbonyl (C=O) groups is 2. The highest BCUT2D eigenvalue weighted by atomic mass is 16.5. The molecule has 1 aliphatic carbocycles. The van der Waals surface area contributed by atoms with Crippen LogP contribution in [0.2, 0.25) is 0 Å². The van der Waals surface area contributed by atoms with Crippen molar-refractivity contribution in [1.82, 2.24) is 4.90 Å². The summed E-state index contributed by atoms with van der Waals surface area (Å²) in [5.41, 5.74) is 1.22. The molecule has 1 atom stereocenters. The lowest BCUT2D eigenvalue weighted by molar-refractivity contribution is -0.153. The first-order chi connectivity index (χ1) is 10.7. The smallest absolute Gasteiger partial charge is 0.311 e. The van der Waals surface area contributed by atoms with E-state index < -0.39 is 0 Å². The molecule has 1 aromatic carbocycles. The highest BCUT2D eigenvalue weighted by molar-refractivity contribution is 5.86. The van der Waals surface area contributed by atoms with Gasteiger partial charge in [-0.05, 0) is 37.7 Å². The van der Waals surface area contributed by atoms with Gasteiger partial charge in [0.1, 0.15) is 6.10 Å². The van der Waals surface area contributed by atoms with E-state index in [1.807, 2.05) is 18.2 Å². The molecule has 0 spiro atoms. The van der Waals surface area contributed by atoms with E-state index in [9.17, 15) is 9.59 Å². The number of esters is 1. The number of benzene rings is 1. The van der Waals surface area contributed by atoms with E-state index in [0.717, 1.165) is 32.1 Å². The van der Waals surface area contributed by atoms with Crippen LogP contribution in [0.1, 0.15) is 37.7 Å². The Labute approximate surface area is 131 Å². The molecular formula is C18H23NO3. The van der Waals surface area contributed by atoms with Crippen molar-refractivity contribution in [3.63, 3.8) is 0 Å². The van der Waals surface area contributed by atoms with Gasteiger partial charge in [0.15, 0.2) is 0 Å². The fourth-order valence-corrected chi connectivity index (χ4v) is 3.32. The molecule has 2 aliphatic rings. The summed E-state index contributed by atoms with van der Waals surface area (Å²) in [5, 5.41) is 0. The lowest BCUT2D eigenvalue weighted by Crippen LogP contribution is -2.29. The molecule has 0 N–H and O–H groups in total. The van der Waals surface area contributed by atoms with Gasteiger partial charge < -0.3 is 9.64 Å². The second-order valence-corrected chi connectivity index (χ2v) is 6.32. The van der Waals surface area contributed by atoms with E-state index in [1.165, 1.54) is 5.56 Å². The average Bonchev–Trinajstić information content (AvgIpc) is 3.16. The lowest BCUT2D eigenvalue weighted by atomic mass is 10.1. The Morgan fingerprint density at radius 3 is 2.64 bits per heavy atom. The molecule has 0 bridgehead atoms. The maximum atomic E-state index is 12.2. The summed E-state index contributed by atoms with van der Waals surface area (Å²) >= 11 is 0. The monoisotopic (exact) mass is 301 g/mol. The van der Waals surface area contributed by atoms with Crippen molar-refractivity contribution in [2.24, 2.45) is 5.92 Å². The zero-order valence-corrected chi connectivity index (χ0v) is 12.9. The van der Waals surface area contributed by atoms with Crippen molar-refractivity contribution < 1.29 is 14.3 Å². The highest BCUT2D eigenvalue weighted by Crippen LogP contribution is 2.25. The lowest BCUT2D eigenvalue weighted by Gasteiger charge is -2.17. The summed E-state index contributed by atoms with van der Waals surface area (Å²) in [6, 6.07) is 10.1. The summed E-state index contributed by atoms with van der Waals surface area (Å²) in [5.74, 6) is -0.379. The van der Waals surface area contributed by atoms with Crippen molar-refractivity contribution >= 4 is 11.9 Å². The van der Waals surface area contributed by atoms with E-state index in [0.29, 0.717) is 19.5 Å². The summed E-state index contributed by atoms with van der Waals surface area (Å²) < 4.78 is 5.54. The molecule has 1 saturated heterocycles. The van der Waals surface area contributed by atoms with Gasteiger partial charge in [-0.25, -0.2) is 0 Å². The van der Waals surface area contributed by atoms with Crippen LogP contribution in [0.15, 0.2) is 30.3 Å². The molecule has 1 heterocycles. The molecule has 3 rings (SSSR count). The standard InChI is InChI=1S/C18H23NO3/c20-17-12-15(18(21)22-16-8-4-5-9-16)13-19(17)11-10-14-6-2-1-3-7-14/h1-3,6-7,15-16H,4-5,8-13H2/t15-/m1/s1. The molecule has 1 aliphatic heterocycles. The van der Waals surface area contributed by atoms with Crippen LogP contribution < -0.4 is 0 Å². The molecule has 4 heteroatoms. The van der Waals surface area contributed by atoms with Crippen LogP contribution in [0.3, 0.4) is 0 Å². The fraction of sp³-hybridized carbons (Fsp3) is 0.556. The quantitative estimate of drug-likeness (QED) is 0.785. The third-order valence-electron chi connectivity index (χ3n) is 4.65. The number of rotatable bonds is 5. The number of hydrogen-bond donors (Lipinski definition) is 0. The number of hydrogen-bond acceptors (Lipinski definition) is 3. The minimum atomic E-state index is -0.274. The van der Waals surface area contributed by atoms with Crippen molar-refractivity contribution in [3.8, 4) is 0 Å². The summed E-state index contributed by atoms with van der Waals surface area (Å²) in [6.45, 7) is 1.19. The van der Waals surface area contributed by atoms with Gasteiger partial charge in [-0.3, -0.25) is 9.59 Å². The number of carbonyl (C=O) groups excluding carboxylic acids is 2. The Balaban J connectivity index is 1.48. The predicted molar refractivity (Wildman–Crippen MR) is 83.2 cm³/mol. The van der Waals surface area contributed by atoms with E-state index in [2.05, 4.69) is 12.1 Å². The minimum Gasteiger partial charge on any atom is -0.462 e. The van der Waals surface area contributed by atoms with Crippen molar-refractivity contribution in [1.29, 1.82) is 0 Å². The summed E-state index contributed by atoms with van der Waals surface area (Å²) in [4.78, 5) is 26.0. The Morgan fingerprint density at radius 2 is 1.91 bits per heavy atom. The molecule has 4 nitrogen and oxygen atoms in total. The van der Waals surface area contributed by atoms with Crippen LogP contribution in [-0.4, -0.2) is 36.0 Å². The van der Waals surface area contributed by atoms with Gasteiger partial charge in [0.25, 0.3) is 0 Å². The second-order valence-electron chi connectivity index (χ2n) is 6.32. The van der Waals surface area contributed by atoms with E-state index in [4.69, 9.17) is 4.74 Å². The molecule has 2 fully saturated rings. The molecule has 0 radical (unpaired) electrons. The SMILES string of the molecule is O=C(OC1CCCC1)[C@@H]1CC(=O)N(CCc2ccccc2)C1. The summed E-state index contributed by atoms with van der Waals surface area (Å²) in [6.07, 6.45) is 5.46. The number of amides is 1. The van der Waals surface area contributed by atoms with Crippen LogP contribution in [0.4, 0.5) is 0 Å².